The predicted molar refractivity (Wildman–Crippen MR) is 85.8 cm³/mol. The Hall–Kier alpha value is -2.11. The highest BCUT2D eigenvalue weighted by atomic mass is 32.2. The molecule has 1 aliphatic rings. The molecular formula is C15H17F3N4O3S. The van der Waals surface area contributed by atoms with Gasteiger partial charge in [-0.05, 0) is 19.2 Å². The Morgan fingerprint density at radius 2 is 2.00 bits per heavy atom. The van der Waals surface area contributed by atoms with Gasteiger partial charge in [-0.25, -0.2) is 13.4 Å². The first-order valence-corrected chi connectivity index (χ1v) is 9.17. The first kappa shape index (κ1) is 18.7. The van der Waals surface area contributed by atoms with E-state index in [0.717, 1.165) is 16.4 Å². The van der Waals surface area contributed by atoms with Crippen LogP contribution < -0.4 is 4.74 Å². The summed E-state index contributed by atoms with van der Waals surface area (Å²) in [6.45, 7) is 0.621. The Morgan fingerprint density at radius 3 is 2.65 bits per heavy atom. The predicted octanol–water partition coefficient (Wildman–Crippen LogP) is 1.99. The van der Waals surface area contributed by atoms with E-state index >= 15 is 0 Å². The number of hydrogen-bond acceptors (Lipinski definition) is 5. The fourth-order valence-corrected chi connectivity index (χ4v) is 4.39. The van der Waals surface area contributed by atoms with Gasteiger partial charge < -0.3 is 9.72 Å². The van der Waals surface area contributed by atoms with Crippen molar-refractivity contribution in [3.05, 3.63) is 42.5 Å². The number of rotatable bonds is 4. The molecule has 0 bridgehead atoms. The van der Waals surface area contributed by atoms with Gasteiger partial charge in [-0.2, -0.15) is 4.31 Å². The molecule has 142 valence electrons. The summed E-state index contributed by atoms with van der Waals surface area (Å²) in [4.78, 5) is 8.52. The minimum Gasteiger partial charge on any atom is -0.404 e. The van der Waals surface area contributed by atoms with Gasteiger partial charge in [0.05, 0.1) is 6.04 Å². The molecular weight excluding hydrogens is 373 g/mol. The molecule has 7 nitrogen and oxygen atoms in total. The number of likely N-dealkylation sites (N-methyl/N-ethyl adjacent to an activating group) is 1. The standard InChI is InChI=1S/C15H17F3N4O3S/c1-21-8-9-22(10-11(21)14-19-6-7-20-14)26(23,24)13-5-3-2-4-12(13)25-15(16,17)18/h2-7,11H,8-10H2,1H3,(H,19,20)/t11-/m1/s1. The molecule has 0 unspecified atom stereocenters. The zero-order chi connectivity index (χ0) is 18.9. The molecule has 11 heteroatoms. The maximum atomic E-state index is 12.9. The average Bonchev–Trinajstić information content (AvgIpc) is 3.08. The lowest BCUT2D eigenvalue weighted by Crippen LogP contribution is -2.49. The second-order valence-corrected chi connectivity index (χ2v) is 7.73. The minimum atomic E-state index is -4.98. The van der Waals surface area contributed by atoms with Crippen LogP contribution >= 0.6 is 0 Å². The molecule has 0 saturated carbocycles. The molecule has 2 heterocycles. The van der Waals surface area contributed by atoms with E-state index < -0.39 is 27.0 Å². The van der Waals surface area contributed by atoms with Crippen LogP contribution in [0.15, 0.2) is 41.6 Å². The Morgan fingerprint density at radius 1 is 1.27 bits per heavy atom. The number of aromatic amines is 1. The van der Waals surface area contributed by atoms with E-state index in [0.29, 0.717) is 12.4 Å². The lowest BCUT2D eigenvalue weighted by Gasteiger charge is -2.37. The average molecular weight is 390 g/mol. The maximum Gasteiger partial charge on any atom is 0.573 e. The number of alkyl halides is 3. The van der Waals surface area contributed by atoms with Crippen LogP contribution in [0.4, 0.5) is 13.2 Å². The summed E-state index contributed by atoms with van der Waals surface area (Å²) < 4.78 is 68.7. The number of aromatic nitrogens is 2. The van der Waals surface area contributed by atoms with Crippen molar-refractivity contribution in [3.8, 4) is 5.75 Å². The normalized spacial score (nSPS) is 20.2. The van der Waals surface area contributed by atoms with Crippen molar-refractivity contribution >= 4 is 10.0 Å². The highest BCUT2D eigenvalue weighted by molar-refractivity contribution is 7.89. The van der Waals surface area contributed by atoms with Gasteiger partial charge in [-0.3, -0.25) is 4.90 Å². The molecule has 0 radical (unpaired) electrons. The Balaban J connectivity index is 1.91. The van der Waals surface area contributed by atoms with Crippen molar-refractivity contribution < 1.29 is 26.3 Å². The Bertz CT molecular complexity index is 855. The third kappa shape index (κ3) is 3.84. The number of nitrogens with one attached hydrogen (secondary N) is 1. The van der Waals surface area contributed by atoms with Crippen LogP contribution in [0.1, 0.15) is 11.9 Å². The van der Waals surface area contributed by atoms with Crippen LogP contribution in [-0.4, -0.2) is 60.6 Å². The molecule has 1 atom stereocenters. The van der Waals surface area contributed by atoms with E-state index in [9.17, 15) is 21.6 Å². The number of sulfonamides is 1. The smallest absolute Gasteiger partial charge is 0.404 e. The minimum absolute atomic E-state index is 0.0622. The van der Waals surface area contributed by atoms with Gasteiger partial charge in [0, 0.05) is 32.0 Å². The summed E-state index contributed by atoms with van der Waals surface area (Å²) in [6.07, 6.45) is -1.80. The van der Waals surface area contributed by atoms with Gasteiger partial charge in [0.2, 0.25) is 10.0 Å². The molecule has 1 N–H and O–H groups in total. The van der Waals surface area contributed by atoms with E-state index in [1.54, 1.807) is 12.4 Å². The van der Waals surface area contributed by atoms with Crippen molar-refractivity contribution in [1.82, 2.24) is 19.2 Å². The molecule has 1 saturated heterocycles. The van der Waals surface area contributed by atoms with Crippen molar-refractivity contribution in [3.63, 3.8) is 0 Å². The van der Waals surface area contributed by atoms with Gasteiger partial charge >= 0.3 is 6.36 Å². The molecule has 1 aromatic carbocycles. The number of para-hydroxylation sites is 1. The topological polar surface area (TPSA) is 78.5 Å². The van der Waals surface area contributed by atoms with Gasteiger partial charge in [-0.15, -0.1) is 13.2 Å². The summed E-state index contributed by atoms with van der Waals surface area (Å²) in [5.41, 5.74) is 0. The third-order valence-electron chi connectivity index (χ3n) is 4.14. The van der Waals surface area contributed by atoms with Crippen LogP contribution in [0.3, 0.4) is 0 Å². The lowest BCUT2D eigenvalue weighted by atomic mass is 10.2. The number of ether oxygens (including phenoxy) is 1. The largest absolute Gasteiger partial charge is 0.573 e. The lowest BCUT2D eigenvalue weighted by molar-refractivity contribution is -0.275. The third-order valence-corrected chi connectivity index (χ3v) is 6.04. The molecule has 1 aromatic heterocycles. The van der Waals surface area contributed by atoms with Crippen LogP contribution in [0, 0.1) is 0 Å². The number of piperazine rings is 1. The van der Waals surface area contributed by atoms with E-state index in [1.807, 2.05) is 11.9 Å². The fourth-order valence-electron chi connectivity index (χ4n) is 2.83. The van der Waals surface area contributed by atoms with Crippen LogP contribution in [0.25, 0.3) is 0 Å². The van der Waals surface area contributed by atoms with E-state index in [4.69, 9.17) is 0 Å². The molecule has 3 rings (SSSR count). The van der Waals surface area contributed by atoms with Crippen LogP contribution in [0.5, 0.6) is 5.75 Å². The first-order chi connectivity index (χ1) is 12.2. The molecule has 1 fully saturated rings. The molecule has 0 spiro atoms. The number of imidazole rings is 1. The summed E-state index contributed by atoms with van der Waals surface area (Å²) in [5, 5.41) is 0. The zero-order valence-electron chi connectivity index (χ0n) is 13.8. The quantitative estimate of drug-likeness (QED) is 0.864. The molecule has 0 aliphatic carbocycles. The number of nitrogens with zero attached hydrogens (tertiary/aromatic N) is 3. The number of H-pyrrole nitrogens is 1. The number of hydrogen-bond donors (Lipinski definition) is 1. The van der Waals surface area contributed by atoms with E-state index in [1.165, 1.54) is 12.1 Å². The highest BCUT2D eigenvalue weighted by Crippen LogP contribution is 2.33. The summed E-state index contributed by atoms with van der Waals surface area (Å²) in [6, 6.07) is 4.41. The molecule has 0 amide bonds. The van der Waals surface area contributed by atoms with Gasteiger partial charge in [0.25, 0.3) is 0 Å². The first-order valence-electron chi connectivity index (χ1n) is 7.73. The monoisotopic (exact) mass is 390 g/mol. The van der Waals surface area contributed by atoms with Gasteiger partial charge in [0.15, 0.2) is 0 Å². The van der Waals surface area contributed by atoms with E-state index in [-0.39, 0.29) is 19.1 Å². The summed E-state index contributed by atoms with van der Waals surface area (Å²) >= 11 is 0. The summed E-state index contributed by atoms with van der Waals surface area (Å²) in [5.74, 6) is -0.152. The molecule has 1 aliphatic heterocycles. The van der Waals surface area contributed by atoms with Crippen LogP contribution in [0.2, 0.25) is 0 Å². The zero-order valence-corrected chi connectivity index (χ0v) is 14.6. The van der Waals surface area contributed by atoms with Gasteiger partial charge in [0.1, 0.15) is 16.5 Å². The summed E-state index contributed by atoms with van der Waals surface area (Å²) in [7, 11) is -2.34. The van der Waals surface area contributed by atoms with Gasteiger partial charge in [-0.1, -0.05) is 12.1 Å². The van der Waals surface area contributed by atoms with Crippen LogP contribution in [-0.2, 0) is 10.0 Å². The van der Waals surface area contributed by atoms with E-state index in [2.05, 4.69) is 14.7 Å². The Kier molecular flexibility index (Phi) is 4.95. The van der Waals surface area contributed by atoms with Crippen molar-refractivity contribution in [2.45, 2.75) is 17.3 Å². The van der Waals surface area contributed by atoms with Crippen molar-refractivity contribution in [2.75, 3.05) is 26.7 Å². The molecule has 26 heavy (non-hydrogen) atoms. The van der Waals surface area contributed by atoms with Crippen molar-refractivity contribution in [1.29, 1.82) is 0 Å². The Labute approximate surface area is 148 Å². The number of halogens is 3. The highest BCUT2D eigenvalue weighted by Gasteiger charge is 2.38. The SMILES string of the molecule is CN1CCN(S(=O)(=O)c2ccccc2OC(F)(F)F)C[C@@H]1c1ncc[nH]1. The number of benzene rings is 1. The van der Waals surface area contributed by atoms with Crippen molar-refractivity contribution in [2.24, 2.45) is 0 Å². The fraction of sp³-hybridized carbons (Fsp3) is 0.400. The maximum absolute atomic E-state index is 12.9. The molecule has 2 aromatic rings. The second kappa shape index (κ2) is 6.89. The second-order valence-electron chi connectivity index (χ2n) is 5.83.